The second-order valence-electron chi connectivity index (χ2n) is 5.96. The van der Waals surface area contributed by atoms with Crippen molar-refractivity contribution in [3.8, 4) is 0 Å². The van der Waals surface area contributed by atoms with E-state index in [0.717, 1.165) is 0 Å². The van der Waals surface area contributed by atoms with E-state index in [1.807, 2.05) is 0 Å². The predicted octanol–water partition coefficient (Wildman–Crippen LogP) is 3.15. The van der Waals surface area contributed by atoms with Crippen molar-refractivity contribution in [1.82, 2.24) is 10.2 Å². The molecule has 0 bridgehead atoms. The number of alkyl halides is 2. The first-order chi connectivity index (χ1) is 11.4. The van der Waals surface area contributed by atoms with Gasteiger partial charge >= 0.3 is 0 Å². The molecule has 1 aromatic carbocycles. The van der Waals surface area contributed by atoms with Crippen LogP contribution in [0.25, 0.3) is 0 Å². The third-order valence-electron chi connectivity index (χ3n) is 4.09. The van der Waals surface area contributed by atoms with E-state index in [2.05, 4.69) is 5.32 Å². The third kappa shape index (κ3) is 6.17. The number of ketones is 1. The van der Waals surface area contributed by atoms with Crippen LogP contribution in [0.2, 0.25) is 5.02 Å². The van der Waals surface area contributed by atoms with Crippen molar-refractivity contribution in [2.24, 2.45) is 0 Å². The normalized spacial score (nSPS) is 16.3. The number of likely N-dealkylation sites (tertiary alicyclic amines) is 1. The molecule has 1 saturated heterocycles. The van der Waals surface area contributed by atoms with Crippen molar-refractivity contribution in [1.29, 1.82) is 0 Å². The number of piperidine rings is 1. The van der Waals surface area contributed by atoms with E-state index in [9.17, 15) is 18.4 Å². The van der Waals surface area contributed by atoms with Crippen molar-refractivity contribution in [2.45, 2.75) is 38.2 Å². The summed E-state index contributed by atoms with van der Waals surface area (Å²) < 4.78 is 24.6. The highest BCUT2D eigenvalue weighted by Crippen LogP contribution is 2.14. The number of benzene rings is 1. The second-order valence-corrected chi connectivity index (χ2v) is 6.40. The molecule has 1 aliphatic heterocycles. The highest BCUT2D eigenvalue weighted by molar-refractivity contribution is 6.30. The lowest BCUT2D eigenvalue weighted by Gasteiger charge is -2.32. The van der Waals surface area contributed by atoms with Gasteiger partial charge in [-0.25, -0.2) is 8.78 Å². The summed E-state index contributed by atoms with van der Waals surface area (Å²) in [6, 6.07) is 6.56. The number of halogens is 3. The Balaban J connectivity index is 1.68. The maximum Gasteiger partial charge on any atom is 0.251 e. The molecule has 4 nitrogen and oxygen atoms in total. The summed E-state index contributed by atoms with van der Waals surface area (Å²) >= 11 is 5.77. The number of carbonyl (C=O) groups is 2. The number of carbonyl (C=O) groups excluding carboxylic acids is 2. The zero-order valence-electron chi connectivity index (χ0n) is 13.3. The van der Waals surface area contributed by atoms with E-state index in [1.165, 1.54) is 0 Å². The van der Waals surface area contributed by atoms with Gasteiger partial charge in [0, 0.05) is 42.6 Å². The number of nitrogens with one attached hydrogen (secondary N) is 1. The minimum absolute atomic E-state index is 0.00273. The SMILES string of the molecule is O=C(CCC(=O)c1ccc(Cl)cc1)NC1CCN(CC(F)F)CC1. The molecule has 0 spiro atoms. The van der Waals surface area contributed by atoms with Crippen LogP contribution in [0.15, 0.2) is 24.3 Å². The van der Waals surface area contributed by atoms with Crippen molar-refractivity contribution in [3.05, 3.63) is 34.9 Å². The Morgan fingerprint density at radius 2 is 1.79 bits per heavy atom. The molecular weight excluding hydrogens is 338 g/mol. The maximum absolute atomic E-state index is 12.3. The lowest BCUT2D eigenvalue weighted by atomic mass is 10.0. The molecule has 0 saturated carbocycles. The van der Waals surface area contributed by atoms with Crippen LogP contribution in [0, 0.1) is 0 Å². The van der Waals surface area contributed by atoms with Gasteiger partial charge in [0.2, 0.25) is 5.91 Å². The Morgan fingerprint density at radius 1 is 1.17 bits per heavy atom. The van der Waals surface area contributed by atoms with Gasteiger partial charge in [-0.1, -0.05) is 11.6 Å². The number of rotatable bonds is 7. The molecule has 0 aromatic heterocycles. The molecule has 24 heavy (non-hydrogen) atoms. The van der Waals surface area contributed by atoms with Crippen LogP contribution in [-0.2, 0) is 4.79 Å². The molecule has 1 fully saturated rings. The quantitative estimate of drug-likeness (QED) is 0.762. The second kappa shape index (κ2) is 9.08. The fraction of sp³-hybridized carbons (Fsp3) is 0.529. The summed E-state index contributed by atoms with van der Waals surface area (Å²) in [5.74, 6) is -0.279. The highest BCUT2D eigenvalue weighted by atomic mass is 35.5. The minimum Gasteiger partial charge on any atom is -0.353 e. The smallest absolute Gasteiger partial charge is 0.251 e. The first-order valence-electron chi connectivity index (χ1n) is 8.02. The first kappa shape index (κ1) is 18.8. The molecule has 0 atom stereocenters. The standard InChI is InChI=1S/C17H21ClF2N2O2/c18-13-3-1-12(2-4-13)15(23)5-6-17(24)21-14-7-9-22(10-8-14)11-16(19)20/h1-4,14,16H,5-11H2,(H,21,24). The van der Waals surface area contributed by atoms with Gasteiger partial charge in [0.1, 0.15) is 0 Å². The molecule has 0 radical (unpaired) electrons. The summed E-state index contributed by atoms with van der Waals surface area (Å²) in [5.41, 5.74) is 0.535. The minimum atomic E-state index is -2.32. The fourth-order valence-electron chi connectivity index (χ4n) is 2.76. The summed E-state index contributed by atoms with van der Waals surface area (Å²) in [7, 11) is 0. The third-order valence-corrected chi connectivity index (χ3v) is 4.35. The summed E-state index contributed by atoms with van der Waals surface area (Å²) in [5, 5.41) is 3.44. The van der Waals surface area contributed by atoms with Gasteiger partial charge in [0.05, 0.1) is 6.54 Å². The molecule has 1 aromatic rings. The largest absolute Gasteiger partial charge is 0.353 e. The molecule has 2 rings (SSSR count). The van der Waals surface area contributed by atoms with Gasteiger partial charge in [-0.3, -0.25) is 14.5 Å². The zero-order valence-corrected chi connectivity index (χ0v) is 14.1. The van der Waals surface area contributed by atoms with E-state index < -0.39 is 6.43 Å². The van der Waals surface area contributed by atoms with E-state index >= 15 is 0 Å². The summed E-state index contributed by atoms with van der Waals surface area (Å²) in [6.45, 7) is 0.897. The summed E-state index contributed by atoms with van der Waals surface area (Å²) in [4.78, 5) is 25.6. The van der Waals surface area contributed by atoms with Gasteiger partial charge in [0.25, 0.3) is 6.43 Å². The van der Waals surface area contributed by atoms with E-state index in [-0.39, 0.29) is 37.1 Å². The van der Waals surface area contributed by atoms with Gasteiger partial charge in [0.15, 0.2) is 5.78 Å². The first-order valence-corrected chi connectivity index (χ1v) is 8.40. The Bertz CT molecular complexity index is 558. The van der Waals surface area contributed by atoms with Crippen LogP contribution in [0.3, 0.4) is 0 Å². The van der Waals surface area contributed by atoms with E-state index in [4.69, 9.17) is 11.6 Å². The Morgan fingerprint density at radius 3 is 2.38 bits per heavy atom. The monoisotopic (exact) mass is 358 g/mol. The molecule has 0 aliphatic carbocycles. The lowest BCUT2D eigenvalue weighted by Crippen LogP contribution is -2.45. The predicted molar refractivity (Wildman–Crippen MR) is 88.6 cm³/mol. The van der Waals surface area contributed by atoms with Crippen LogP contribution in [0.5, 0.6) is 0 Å². The van der Waals surface area contributed by atoms with Gasteiger partial charge < -0.3 is 5.32 Å². The van der Waals surface area contributed by atoms with Crippen LogP contribution in [0.1, 0.15) is 36.0 Å². The van der Waals surface area contributed by atoms with Gasteiger partial charge in [-0.05, 0) is 37.1 Å². The molecule has 1 aliphatic rings. The topological polar surface area (TPSA) is 49.4 Å². The molecule has 1 amide bonds. The molecule has 132 valence electrons. The van der Waals surface area contributed by atoms with Crippen molar-refractivity contribution < 1.29 is 18.4 Å². The molecule has 1 N–H and O–H groups in total. The van der Waals surface area contributed by atoms with Crippen LogP contribution >= 0.6 is 11.6 Å². The Labute approximate surface area is 145 Å². The van der Waals surface area contributed by atoms with Crippen molar-refractivity contribution in [2.75, 3.05) is 19.6 Å². The number of nitrogens with zero attached hydrogens (tertiary/aromatic N) is 1. The highest BCUT2D eigenvalue weighted by Gasteiger charge is 2.22. The average molecular weight is 359 g/mol. The molecule has 7 heteroatoms. The van der Waals surface area contributed by atoms with Gasteiger partial charge in [-0.2, -0.15) is 0 Å². The number of hydrogen-bond donors (Lipinski definition) is 1. The lowest BCUT2D eigenvalue weighted by molar-refractivity contribution is -0.122. The number of Topliss-reactive ketones (excluding diaryl/α,β-unsaturated/α-hetero) is 1. The average Bonchev–Trinajstić information content (AvgIpc) is 2.54. The van der Waals surface area contributed by atoms with E-state index in [0.29, 0.717) is 36.5 Å². The number of amides is 1. The maximum atomic E-state index is 12.3. The van der Waals surface area contributed by atoms with Crippen molar-refractivity contribution >= 4 is 23.3 Å². The fourth-order valence-corrected chi connectivity index (χ4v) is 2.89. The van der Waals surface area contributed by atoms with Crippen LogP contribution in [0.4, 0.5) is 8.78 Å². The van der Waals surface area contributed by atoms with Crippen molar-refractivity contribution in [3.63, 3.8) is 0 Å². The van der Waals surface area contributed by atoms with Crippen LogP contribution < -0.4 is 5.32 Å². The number of hydrogen-bond acceptors (Lipinski definition) is 3. The Hall–Kier alpha value is -1.53. The van der Waals surface area contributed by atoms with E-state index in [1.54, 1.807) is 29.2 Å². The zero-order chi connectivity index (χ0) is 17.5. The molecular formula is C17H21ClF2N2O2. The molecule has 1 heterocycles. The Kier molecular flexibility index (Phi) is 7.12. The van der Waals surface area contributed by atoms with Crippen LogP contribution in [-0.4, -0.2) is 48.7 Å². The molecule has 0 unspecified atom stereocenters. The summed E-state index contributed by atoms with van der Waals surface area (Å²) in [6.07, 6.45) is -0.751. The van der Waals surface area contributed by atoms with Gasteiger partial charge in [-0.15, -0.1) is 0 Å².